The number of phenols is 1. The van der Waals surface area contributed by atoms with E-state index in [-0.39, 0.29) is 17.8 Å². The first-order valence-corrected chi connectivity index (χ1v) is 8.22. The second-order valence-electron chi connectivity index (χ2n) is 7.50. The number of phenolic OH excluding ortho intramolecular Hbond substituents is 1. The van der Waals surface area contributed by atoms with Crippen LogP contribution < -0.4 is 17.3 Å². The van der Waals surface area contributed by atoms with E-state index in [0.717, 1.165) is 13.0 Å². The molecule has 1 heterocycles. The van der Waals surface area contributed by atoms with Crippen molar-refractivity contribution in [3.05, 3.63) is 41.0 Å². The zero-order valence-electron chi connectivity index (χ0n) is 14.1. The van der Waals surface area contributed by atoms with Crippen LogP contribution in [0.5, 0.6) is 5.75 Å². The molecule has 1 aromatic carbocycles. The lowest BCUT2D eigenvalue weighted by atomic mass is 9.59. The van der Waals surface area contributed by atoms with Gasteiger partial charge in [-0.05, 0) is 43.2 Å². The van der Waals surface area contributed by atoms with E-state index in [9.17, 15) is 5.11 Å². The number of fused-ring (bicyclic) bond motifs is 4. The molecular weight excluding hydrogens is 294 g/mol. The second kappa shape index (κ2) is 6.25. The highest BCUT2D eigenvalue weighted by Gasteiger charge is 2.50. The number of quaternary nitrogens is 1. The number of hydrogen-bond acceptors (Lipinski definition) is 1. The molecule has 3 rings (SSSR count). The van der Waals surface area contributed by atoms with E-state index >= 15 is 0 Å². The molecular formula is C19H28ClNO. The maximum atomic E-state index is 9.87. The zero-order valence-corrected chi connectivity index (χ0v) is 14.9. The summed E-state index contributed by atoms with van der Waals surface area (Å²) in [6.45, 7) is 11.6. The normalized spacial score (nSPS) is 32.6. The van der Waals surface area contributed by atoms with Crippen LogP contribution in [0.2, 0.25) is 0 Å². The molecule has 1 aliphatic carbocycles. The van der Waals surface area contributed by atoms with Crippen LogP contribution in [0.15, 0.2) is 29.8 Å². The van der Waals surface area contributed by atoms with Crippen LogP contribution in [0.3, 0.4) is 0 Å². The highest BCUT2D eigenvalue weighted by Crippen LogP contribution is 2.45. The quantitative estimate of drug-likeness (QED) is 0.703. The number of aromatic hydroxyl groups is 1. The Labute approximate surface area is 140 Å². The number of likely N-dealkylation sites (tertiary alicyclic amines) is 1. The number of rotatable bonds is 2. The van der Waals surface area contributed by atoms with Gasteiger partial charge in [-0.15, -0.1) is 0 Å². The lowest BCUT2D eigenvalue weighted by Crippen LogP contribution is -3.18. The first kappa shape index (κ1) is 17.4. The average Bonchev–Trinajstić information content (AvgIpc) is 2.43. The van der Waals surface area contributed by atoms with Crippen LogP contribution in [0, 0.1) is 5.92 Å². The summed E-state index contributed by atoms with van der Waals surface area (Å²) >= 11 is 0. The van der Waals surface area contributed by atoms with Crippen LogP contribution in [-0.2, 0) is 11.8 Å². The van der Waals surface area contributed by atoms with Gasteiger partial charge < -0.3 is 22.4 Å². The maximum Gasteiger partial charge on any atom is 0.115 e. The van der Waals surface area contributed by atoms with Crippen molar-refractivity contribution < 1.29 is 22.4 Å². The molecule has 2 nitrogen and oxygen atoms in total. The van der Waals surface area contributed by atoms with Crippen molar-refractivity contribution in [2.75, 3.05) is 13.1 Å². The Morgan fingerprint density at radius 2 is 2.14 bits per heavy atom. The lowest BCUT2D eigenvalue weighted by molar-refractivity contribution is -0.931. The molecule has 3 heteroatoms. The van der Waals surface area contributed by atoms with Crippen LogP contribution in [0.4, 0.5) is 0 Å². The molecule has 1 saturated heterocycles. The van der Waals surface area contributed by atoms with E-state index in [1.54, 1.807) is 4.90 Å². The summed E-state index contributed by atoms with van der Waals surface area (Å²) in [5.41, 5.74) is 4.50. The van der Waals surface area contributed by atoms with Gasteiger partial charge in [0.15, 0.2) is 0 Å². The van der Waals surface area contributed by atoms with Gasteiger partial charge in [0.25, 0.3) is 0 Å². The fourth-order valence-electron chi connectivity index (χ4n) is 4.43. The van der Waals surface area contributed by atoms with Gasteiger partial charge in [-0.1, -0.05) is 25.5 Å². The SMILES string of the molecule is CC(C)=CC[NH+]1CC[C@]2(C)c3cc(O)ccc3C[C@H]1[C@H]2C.[Cl-]. The summed E-state index contributed by atoms with van der Waals surface area (Å²) in [4.78, 5) is 1.74. The largest absolute Gasteiger partial charge is 1.00 e. The fourth-order valence-corrected chi connectivity index (χ4v) is 4.43. The summed E-state index contributed by atoms with van der Waals surface area (Å²) in [7, 11) is 0. The topological polar surface area (TPSA) is 24.7 Å². The van der Waals surface area contributed by atoms with Crippen LogP contribution in [0.25, 0.3) is 0 Å². The van der Waals surface area contributed by atoms with Gasteiger partial charge >= 0.3 is 0 Å². The van der Waals surface area contributed by atoms with Crippen molar-refractivity contribution in [3.63, 3.8) is 0 Å². The van der Waals surface area contributed by atoms with E-state index in [0.29, 0.717) is 17.7 Å². The number of benzene rings is 1. The highest BCUT2D eigenvalue weighted by atomic mass is 35.5. The predicted molar refractivity (Wildman–Crippen MR) is 86.9 cm³/mol. The third-order valence-corrected chi connectivity index (χ3v) is 6.02. The standard InChI is InChI=1S/C19H27NO.ClH/c1-13(2)7-9-20-10-8-19(4)14(3)18(20)11-15-5-6-16(21)12-17(15)19;/h5-7,12,14,18,21H,8-11H2,1-4H3;1H/t14-,18+,19+;/m1./s1. The molecule has 1 unspecified atom stereocenters. The molecule has 2 bridgehead atoms. The molecule has 22 heavy (non-hydrogen) atoms. The van der Waals surface area contributed by atoms with Gasteiger partial charge in [0, 0.05) is 24.2 Å². The number of piperidine rings is 1. The Morgan fingerprint density at radius 3 is 2.82 bits per heavy atom. The van der Waals surface area contributed by atoms with Gasteiger partial charge in [0.05, 0.1) is 19.1 Å². The molecule has 0 spiro atoms. The lowest BCUT2D eigenvalue weighted by Gasteiger charge is -2.52. The van der Waals surface area contributed by atoms with E-state index in [4.69, 9.17) is 0 Å². The van der Waals surface area contributed by atoms with Crippen molar-refractivity contribution in [1.29, 1.82) is 0 Å². The summed E-state index contributed by atoms with van der Waals surface area (Å²) in [6.07, 6.45) is 4.75. The van der Waals surface area contributed by atoms with Gasteiger partial charge in [-0.3, -0.25) is 0 Å². The Hall–Kier alpha value is -0.990. The van der Waals surface area contributed by atoms with E-state index in [2.05, 4.69) is 39.8 Å². The Bertz CT molecular complexity index is 579. The molecule has 2 N–H and O–H groups in total. The molecule has 0 saturated carbocycles. The Kier molecular flexibility index (Phi) is 4.93. The van der Waals surface area contributed by atoms with Gasteiger partial charge in [0.1, 0.15) is 5.75 Å². The first-order valence-electron chi connectivity index (χ1n) is 8.22. The molecule has 2 aliphatic rings. The van der Waals surface area contributed by atoms with Gasteiger partial charge in [-0.25, -0.2) is 0 Å². The van der Waals surface area contributed by atoms with E-state index in [1.807, 2.05) is 12.1 Å². The monoisotopic (exact) mass is 321 g/mol. The van der Waals surface area contributed by atoms with Crippen LogP contribution >= 0.6 is 0 Å². The third kappa shape index (κ3) is 2.79. The van der Waals surface area contributed by atoms with Gasteiger partial charge in [-0.2, -0.15) is 0 Å². The summed E-state index contributed by atoms with van der Waals surface area (Å²) in [5, 5.41) is 9.87. The van der Waals surface area contributed by atoms with Gasteiger partial charge in [0.2, 0.25) is 0 Å². The minimum atomic E-state index is 0. The van der Waals surface area contributed by atoms with Crippen LogP contribution in [-0.4, -0.2) is 24.2 Å². The maximum absolute atomic E-state index is 9.87. The molecule has 0 radical (unpaired) electrons. The van der Waals surface area contributed by atoms with Crippen molar-refractivity contribution in [3.8, 4) is 5.75 Å². The molecule has 1 fully saturated rings. The number of halogens is 1. The van der Waals surface area contributed by atoms with E-state index in [1.165, 1.54) is 29.7 Å². The number of allylic oxidation sites excluding steroid dienone is 1. The minimum Gasteiger partial charge on any atom is -1.00 e. The predicted octanol–water partition coefficient (Wildman–Crippen LogP) is -0.530. The van der Waals surface area contributed by atoms with Crippen molar-refractivity contribution in [2.45, 2.75) is 52.0 Å². The molecule has 1 aliphatic heterocycles. The molecule has 4 atom stereocenters. The summed E-state index contributed by atoms with van der Waals surface area (Å²) in [5.74, 6) is 1.08. The molecule has 1 aromatic rings. The fraction of sp³-hybridized carbons (Fsp3) is 0.579. The highest BCUT2D eigenvalue weighted by molar-refractivity contribution is 5.43. The van der Waals surface area contributed by atoms with E-state index < -0.39 is 0 Å². The Balaban J connectivity index is 0.00000176. The summed E-state index contributed by atoms with van der Waals surface area (Å²) in [6, 6.07) is 6.72. The molecule has 122 valence electrons. The number of nitrogens with one attached hydrogen (secondary N) is 1. The molecule has 0 aromatic heterocycles. The van der Waals surface area contributed by atoms with Crippen molar-refractivity contribution >= 4 is 0 Å². The van der Waals surface area contributed by atoms with Crippen LogP contribution in [0.1, 0.15) is 45.2 Å². The molecule has 0 amide bonds. The smallest absolute Gasteiger partial charge is 0.115 e. The van der Waals surface area contributed by atoms with Crippen molar-refractivity contribution in [2.24, 2.45) is 5.92 Å². The third-order valence-electron chi connectivity index (χ3n) is 6.02. The minimum absolute atomic E-state index is 0. The average molecular weight is 322 g/mol. The zero-order chi connectivity index (χ0) is 15.2. The Morgan fingerprint density at radius 1 is 1.41 bits per heavy atom. The number of hydrogen-bond donors (Lipinski definition) is 2. The van der Waals surface area contributed by atoms with Crippen molar-refractivity contribution in [1.82, 2.24) is 0 Å². The second-order valence-corrected chi connectivity index (χ2v) is 7.50. The summed E-state index contributed by atoms with van der Waals surface area (Å²) < 4.78 is 0. The first-order chi connectivity index (χ1) is 9.91.